The Morgan fingerprint density at radius 1 is 1.37 bits per heavy atom. The van der Waals surface area contributed by atoms with Crippen molar-refractivity contribution in [3.05, 3.63) is 11.4 Å². The average molecular weight is 422 g/mol. The van der Waals surface area contributed by atoms with Gasteiger partial charge in [0.2, 0.25) is 0 Å². The molecule has 2 aliphatic heterocycles. The lowest BCUT2D eigenvalue weighted by molar-refractivity contribution is -0.139. The molecule has 1 fully saturated rings. The largest absolute Gasteiger partial charge is 0.458 e. The molecular formula is C21H35N5O4. The van der Waals surface area contributed by atoms with Crippen LogP contribution >= 0.6 is 0 Å². The Hall–Kier alpha value is -2.58. The first-order chi connectivity index (χ1) is 14.0. The van der Waals surface area contributed by atoms with Gasteiger partial charge in [-0.2, -0.15) is 5.10 Å². The first-order valence-electron chi connectivity index (χ1n) is 10.6. The number of rotatable bonds is 5. The predicted octanol–water partition coefficient (Wildman–Crippen LogP) is 2.66. The molecule has 0 saturated carbocycles. The lowest BCUT2D eigenvalue weighted by Gasteiger charge is -2.37. The Morgan fingerprint density at radius 2 is 2.07 bits per heavy atom. The van der Waals surface area contributed by atoms with Gasteiger partial charge in [0, 0.05) is 19.3 Å². The third-order valence-electron chi connectivity index (χ3n) is 4.56. The molecule has 30 heavy (non-hydrogen) atoms. The van der Waals surface area contributed by atoms with Crippen molar-refractivity contribution in [3.63, 3.8) is 0 Å². The fraction of sp³-hybridized carbons (Fsp3) is 0.714. The molecule has 0 bridgehead atoms. The van der Waals surface area contributed by atoms with E-state index in [9.17, 15) is 9.59 Å². The Kier molecular flexibility index (Phi) is 7.86. The monoisotopic (exact) mass is 421 g/mol. The number of esters is 1. The van der Waals surface area contributed by atoms with Crippen molar-refractivity contribution in [2.75, 3.05) is 19.6 Å². The SMILES string of the molecule is CC/C=N\C(N)=C1/CN([C@@H]2CCCN(C(=O)OC(C)(C)C)C2)N=C1C(=O)OC(C)C. The van der Waals surface area contributed by atoms with E-state index in [1.54, 1.807) is 25.0 Å². The van der Waals surface area contributed by atoms with Crippen LogP contribution in [0.5, 0.6) is 0 Å². The molecule has 2 rings (SSSR count). The number of ether oxygens (including phenoxy) is 2. The van der Waals surface area contributed by atoms with E-state index in [-0.39, 0.29) is 29.8 Å². The van der Waals surface area contributed by atoms with E-state index in [2.05, 4.69) is 10.1 Å². The maximum atomic E-state index is 12.6. The van der Waals surface area contributed by atoms with Gasteiger partial charge in [-0.25, -0.2) is 14.6 Å². The lowest BCUT2D eigenvalue weighted by atomic mass is 10.0. The van der Waals surface area contributed by atoms with Crippen molar-refractivity contribution < 1.29 is 19.1 Å². The maximum absolute atomic E-state index is 12.6. The second kappa shape index (κ2) is 9.95. The summed E-state index contributed by atoms with van der Waals surface area (Å²) in [5.74, 6) is -0.254. The summed E-state index contributed by atoms with van der Waals surface area (Å²) in [5, 5.41) is 6.35. The van der Waals surface area contributed by atoms with Gasteiger partial charge in [-0.15, -0.1) is 0 Å². The van der Waals surface area contributed by atoms with Gasteiger partial charge < -0.3 is 20.1 Å². The number of hydrogen-bond acceptors (Lipinski definition) is 8. The number of nitrogens with two attached hydrogens (primary N) is 1. The fourth-order valence-corrected chi connectivity index (χ4v) is 3.27. The number of amides is 1. The smallest absolute Gasteiger partial charge is 0.410 e. The third kappa shape index (κ3) is 6.47. The molecule has 168 valence electrons. The number of piperidine rings is 1. The highest BCUT2D eigenvalue weighted by Gasteiger charge is 2.36. The van der Waals surface area contributed by atoms with Crippen LogP contribution in [0.15, 0.2) is 21.5 Å². The first kappa shape index (κ1) is 23.7. The van der Waals surface area contributed by atoms with Crippen LogP contribution in [0.25, 0.3) is 0 Å². The van der Waals surface area contributed by atoms with Crippen molar-refractivity contribution in [2.24, 2.45) is 15.8 Å². The van der Waals surface area contributed by atoms with E-state index in [0.29, 0.717) is 25.2 Å². The van der Waals surface area contributed by atoms with Gasteiger partial charge in [0.15, 0.2) is 5.71 Å². The van der Waals surface area contributed by atoms with Crippen LogP contribution in [0.1, 0.15) is 60.8 Å². The summed E-state index contributed by atoms with van der Waals surface area (Å²) in [6.45, 7) is 12.5. The Morgan fingerprint density at radius 3 is 2.67 bits per heavy atom. The summed E-state index contributed by atoms with van der Waals surface area (Å²) < 4.78 is 10.9. The van der Waals surface area contributed by atoms with E-state index < -0.39 is 11.6 Å². The van der Waals surface area contributed by atoms with E-state index in [4.69, 9.17) is 15.2 Å². The molecule has 0 spiro atoms. The molecule has 0 aromatic heterocycles. The predicted molar refractivity (Wildman–Crippen MR) is 116 cm³/mol. The summed E-state index contributed by atoms with van der Waals surface area (Å²) in [6, 6.07) is -0.0476. The normalized spacial score (nSPS) is 21.8. The van der Waals surface area contributed by atoms with Gasteiger partial charge in [-0.05, 0) is 53.9 Å². The van der Waals surface area contributed by atoms with Crippen LogP contribution in [0, 0.1) is 0 Å². The number of carbonyl (C=O) groups excluding carboxylic acids is 2. The molecule has 2 heterocycles. The van der Waals surface area contributed by atoms with Crippen molar-refractivity contribution in [1.82, 2.24) is 9.91 Å². The fourth-order valence-electron chi connectivity index (χ4n) is 3.27. The lowest BCUT2D eigenvalue weighted by Crippen LogP contribution is -2.49. The van der Waals surface area contributed by atoms with E-state index in [1.807, 2.05) is 32.7 Å². The minimum atomic E-state index is -0.550. The number of hydrogen-bond donors (Lipinski definition) is 1. The van der Waals surface area contributed by atoms with Gasteiger partial charge in [0.05, 0.1) is 24.3 Å². The molecule has 9 nitrogen and oxygen atoms in total. The summed E-state index contributed by atoms with van der Waals surface area (Å²) in [4.78, 5) is 31.0. The Bertz CT molecular complexity index is 736. The average Bonchev–Trinajstić information content (AvgIpc) is 3.10. The van der Waals surface area contributed by atoms with Crippen LogP contribution in [0.3, 0.4) is 0 Å². The molecule has 0 aromatic carbocycles. The second-order valence-corrected chi connectivity index (χ2v) is 8.81. The van der Waals surface area contributed by atoms with Crippen LogP contribution in [-0.2, 0) is 14.3 Å². The quantitative estimate of drug-likeness (QED) is 0.540. The summed E-state index contributed by atoms with van der Waals surface area (Å²) in [5.41, 5.74) is 6.33. The van der Waals surface area contributed by atoms with Crippen molar-refractivity contribution >= 4 is 24.0 Å². The van der Waals surface area contributed by atoms with Crippen LogP contribution in [0.4, 0.5) is 4.79 Å². The third-order valence-corrected chi connectivity index (χ3v) is 4.56. The minimum Gasteiger partial charge on any atom is -0.458 e. The minimum absolute atomic E-state index is 0.0476. The van der Waals surface area contributed by atoms with Crippen LogP contribution in [0.2, 0.25) is 0 Å². The number of hydrazone groups is 1. The summed E-state index contributed by atoms with van der Waals surface area (Å²) in [6.07, 6.45) is 3.49. The van der Waals surface area contributed by atoms with E-state index in [0.717, 1.165) is 19.3 Å². The number of aliphatic imine (C=N–C) groups is 1. The molecule has 9 heteroatoms. The molecule has 0 aromatic rings. The molecule has 0 unspecified atom stereocenters. The van der Waals surface area contributed by atoms with Gasteiger partial charge in [0.1, 0.15) is 11.4 Å². The first-order valence-corrected chi connectivity index (χ1v) is 10.6. The molecule has 1 saturated heterocycles. The highest BCUT2D eigenvalue weighted by molar-refractivity contribution is 6.44. The summed E-state index contributed by atoms with van der Waals surface area (Å²) in [7, 11) is 0. The zero-order chi connectivity index (χ0) is 22.5. The molecule has 2 aliphatic rings. The molecular weight excluding hydrogens is 386 g/mol. The maximum Gasteiger partial charge on any atom is 0.410 e. The van der Waals surface area contributed by atoms with Crippen molar-refractivity contribution in [1.29, 1.82) is 0 Å². The standard InChI is InChI=1S/C21H35N5O4/c1-7-10-23-18(22)16-13-26(24-17(16)19(27)29-14(2)3)15-9-8-11-25(12-15)20(28)30-21(4,5)6/h10,14-15H,7-9,11-13,22H2,1-6H3/b18-16+,23-10-/t15-/m1/s1. The van der Waals surface area contributed by atoms with Gasteiger partial charge in [0.25, 0.3) is 0 Å². The molecule has 0 radical (unpaired) electrons. The number of carbonyl (C=O) groups is 2. The highest BCUT2D eigenvalue weighted by atomic mass is 16.6. The highest BCUT2D eigenvalue weighted by Crippen LogP contribution is 2.25. The van der Waals surface area contributed by atoms with Crippen molar-refractivity contribution in [2.45, 2.75) is 78.6 Å². The zero-order valence-corrected chi connectivity index (χ0v) is 19.0. The molecule has 1 atom stereocenters. The van der Waals surface area contributed by atoms with Crippen LogP contribution in [-0.4, -0.2) is 71.3 Å². The van der Waals surface area contributed by atoms with Crippen molar-refractivity contribution in [3.8, 4) is 0 Å². The van der Waals surface area contributed by atoms with Gasteiger partial charge >= 0.3 is 12.1 Å². The zero-order valence-electron chi connectivity index (χ0n) is 19.0. The molecule has 2 N–H and O–H groups in total. The number of likely N-dealkylation sites (tertiary alicyclic amines) is 1. The van der Waals surface area contributed by atoms with Crippen LogP contribution < -0.4 is 5.73 Å². The van der Waals surface area contributed by atoms with Gasteiger partial charge in [-0.1, -0.05) is 6.92 Å². The number of nitrogens with zero attached hydrogens (tertiary/aromatic N) is 4. The molecule has 0 aliphatic carbocycles. The molecule has 1 amide bonds. The second-order valence-electron chi connectivity index (χ2n) is 8.81. The topological polar surface area (TPSA) is 110 Å². The Balaban J connectivity index is 2.22. The van der Waals surface area contributed by atoms with Gasteiger partial charge in [-0.3, -0.25) is 5.01 Å². The van der Waals surface area contributed by atoms with E-state index in [1.165, 1.54) is 0 Å². The van der Waals surface area contributed by atoms with E-state index >= 15 is 0 Å². The Labute approximate surface area is 179 Å². The summed E-state index contributed by atoms with van der Waals surface area (Å²) >= 11 is 0.